The van der Waals surface area contributed by atoms with Gasteiger partial charge in [0.15, 0.2) is 0 Å². The molecule has 20 heavy (non-hydrogen) atoms. The first-order chi connectivity index (χ1) is 9.67. The number of aromatic nitrogens is 3. The van der Waals surface area contributed by atoms with Gasteiger partial charge in [-0.25, -0.2) is 9.37 Å². The van der Waals surface area contributed by atoms with E-state index in [9.17, 15) is 4.39 Å². The summed E-state index contributed by atoms with van der Waals surface area (Å²) in [6, 6.07) is 4.70. The van der Waals surface area contributed by atoms with E-state index in [1.54, 1.807) is 49.1 Å². The first kappa shape index (κ1) is 12.4. The fraction of sp³-hybridized carbons (Fsp3) is 0.143. The van der Waals surface area contributed by atoms with E-state index in [0.717, 1.165) is 0 Å². The highest BCUT2D eigenvalue weighted by Crippen LogP contribution is 2.26. The third-order valence-electron chi connectivity index (χ3n) is 2.96. The minimum atomic E-state index is -0.313. The number of nitrogens with zero attached hydrogens (tertiary/aromatic N) is 3. The molecule has 0 saturated heterocycles. The predicted octanol–water partition coefficient (Wildman–Crippen LogP) is 3.01. The first-order valence-electron chi connectivity index (χ1n) is 6.13. The number of fused-ring (bicyclic) bond motifs is 1. The normalized spacial score (nSPS) is 10.8. The van der Waals surface area contributed by atoms with Crippen LogP contribution in [-0.2, 0) is 0 Å². The second-order valence-electron chi connectivity index (χ2n) is 4.35. The molecule has 0 fully saturated rings. The molecule has 0 radical (unpaired) electrons. The lowest BCUT2D eigenvalue weighted by Gasteiger charge is -2.09. The Hall–Kier alpha value is -2.63. The van der Waals surface area contributed by atoms with Crippen molar-refractivity contribution in [3.8, 4) is 11.6 Å². The van der Waals surface area contributed by atoms with Crippen molar-refractivity contribution in [3.63, 3.8) is 0 Å². The molecule has 0 aliphatic heterocycles. The van der Waals surface area contributed by atoms with Gasteiger partial charge in [0, 0.05) is 25.5 Å². The number of halogens is 1. The van der Waals surface area contributed by atoms with Crippen LogP contribution in [0.5, 0.6) is 11.6 Å². The highest BCUT2D eigenvalue weighted by Gasteiger charge is 2.10. The van der Waals surface area contributed by atoms with Gasteiger partial charge >= 0.3 is 0 Å². The van der Waals surface area contributed by atoms with Crippen LogP contribution in [0.25, 0.3) is 5.65 Å². The predicted molar refractivity (Wildman–Crippen MR) is 73.7 cm³/mol. The van der Waals surface area contributed by atoms with Gasteiger partial charge in [0.25, 0.3) is 5.88 Å². The van der Waals surface area contributed by atoms with E-state index in [-0.39, 0.29) is 5.82 Å². The Labute approximate surface area is 115 Å². The standard InChI is InChI=1S/C14H13FN4O/c1-9-3-4-10(7-11(9)15)20-14-13-17-5-6-19(13)8-12(16-2)18-14/h3-8,16H,1-2H3. The SMILES string of the molecule is CNc1cn2ccnc2c(Oc2ccc(C)c(F)c2)n1. The molecular weight excluding hydrogens is 259 g/mol. The van der Waals surface area contributed by atoms with Crippen LogP contribution < -0.4 is 10.1 Å². The lowest BCUT2D eigenvalue weighted by molar-refractivity contribution is 0.460. The molecule has 0 aliphatic rings. The minimum Gasteiger partial charge on any atom is -0.436 e. The van der Waals surface area contributed by atoms with Crippen LogP contribution in [0.15, 0.2) is 36.8 Å². The van der Waals surface area contributed by atoms with E-state index in [1.807, 2.05) is 0 Å². The van der Waals surface area contributed by atoms with Gasteiger partial charge in [-0.15, -0.1) is 0 Å². The number of rotatable bonds is 3. The Balaban J connectivity index is 2.04. The van der Waals surface area contributed by atoms with Crippen LogP contribution in [0.2, 0.25) is 0 Å². The van der Waals surface area contributed by atoms with E-state index in [0.29, 0.717) is 28.7 Å². The number of hydrogen-bond donors (Lipinski definition) is 1. The third kappa shape index (κ3) is 2.16. The van der Waals surface area contributed by atoms with Crippen molar-refractivity contribution in [1.82, 2.24) is 14.4 Å². The monoisotopic (exact) mass is 272 g/mol. The highest BCUT2D eigenvalue weighted by molar-refractivity contribution is 5.55. The summed E-state index contributed by atoms with van der Waals surface area (Å²) in [6.45, 7) is 1.70. The van der Waals surface area contributed by atoms with Crippen LogP contribution in [0.1, 0.15) is 5.56 Å². The van der Waals surface area contributed by atoms with E-state index in [2.05, 4.69) is 15.3 Å². The van der Waals surface area contributed by atoms with Crippen LogP contribution >= 0.6 is 0 Å². The maximum absolute atomic E-state index is 13.5. The fourth-order valence-corrected chi connectivity index (χ4v) is 1.84. The van der Waals surface area contributed by atoms with Crippen molar-refractivity contribution >= 4 is 11.5 Å². The molecule has 0 spiro atoms. The molecule has 1 N–H and O–H groups in total. The molecule has 3 rings (SSSR count). The maximum atomic E-state index is 13.5. The van der Waals surface area contributed by atoms with Crippen LogP contribution in [0, 0.1) is 12.7 Å². The van der Waals surface area contributed by atoms with E-state index in [4.69, 9.17) is 4.74 Å². The highest BCUT2D eigenvalue weighted by atomic mass is 19.1. The van der Waals surface area contributed by atoms with Crippen molar-refractivity contribution < 1.29 is 9.13 Å². The van der Waals surface area contributed by atoms with Crippen LogP contribution in [0.4, 0.5) is 10.2 Å². The summed E-state index contributed by atoms with van der Waals surface area (Å²) >= 11 is 0. The molecule has 0 unspecified atom stereocenters. The van der Waals surface area contributed by atoms with Gasteiger partial charge in [0.05, 0.1) is 6.20 Å². The smallest absolute Gasteiger partial charge is 0.265 e. The zero-order chi connectivity index (χ0) is 14.1. The first-order valence-corrected chi connectivity index (χ1v) is 6.13. The Morgan fingerprint density at radius 2 is 2.20 bits per heavy atom. The molecule has 102 valence electrons. The molecule has 2 heterocycles. The third-order valence-corrected chi connectivity index (χ3v) is 2.96. The van der Waals surface area contributed by atoms with Crippen molar-refractivity contribution in [2.75, 3.05) is 12.4 Å². The van der Waals surface area contributed by atoms with Gasteiger partial charge in [0.1, 0.15) is 17.4 Å². The Morgan fingerprint density at radius 1 is 1.35 bits per heavy atom. The second-order valence-corrected chi connectivity index (χ2v) is 4.35. The maximum Gasteiger partial charge on any atom is 0.265 e. The molecule has 0 atom stereocenters. The molecule has 0 amide bonds. The number of hydrogen-bond acceptors (Lipinski definition) is 4. The summed E-state index contributed by atoms with van der Waals surface area (Å²) in [5.41, 5.74) is 1.14. The molecule has 0 bridgehead atoms. The Morgan fingerprint density at radius 3 is 2.95 bits per heavy atom. The number of anilines is 1. The summed E-state index contributed by atoms with van der Waals surface area (Å²) in [6.07, 6.45) is 5.24. The molecular formula is C14H13FN4O. The number of imidazole rings is 1. The van der Waals surface area contributed by atoms with Gasteiger partial charge in [-0.05, 0) is 18.6 Å². The molecule has 5 nitrogen and oxygen atoms in total. The number of aryl methyl sites for hydroxylation is 1. The van der Waals surface area contributed by atoms with Crippen LogP contribution in [0.3, 0.4) is 0 Å². The van der Waals surface area contributed by atoms with Crippen molar-refractivity contribution in [2.24, 2.45) is 0 Å². The molecule has 0 aliphatic carbocycles. The lowest BCUT2D eigenvalue weighted by Crippen LogP contribution is -2.00. The molecule has 1 aromatic carbocycles. The minimum absolute atomic E-state index is 0.313. The zero-order valence-electron chi connectivity index (χ0n) is 11.1. The van der Waals surface area contributed by atoms with Gasteiger partial charge in [-0.3, -0.25) is 4.40 Å². The Bertz CT molecular complexity index is 769. The van der Waals surface area contributed by atoms with E-state index in [1.165, 1.54) is 6.07 Å². The van der Waals surface area contributed by atoms with E-state index < -0.39 is 0 Å². The van der Waals surface area contributed by atoms with Crippen molar-refractivity contribution in [3.05, 3.63) is 48.2 Å². The molecule has 3 aromatic rings. The van der Waals surface area contributed by atoms with Crippen molar-refractivity contribution in [1.29, 1.82) is 0 Å². The van der Waals surface area contributed by atoms with Gasteiger partial charge in [0.2, 0.25) is 5.65 Å². The van der Waals surface area contributed by atoms with E-state index >= 15 is 0 Å². The van der Waals surface area contributed by atoms with Gasteiger partial charge in [-0.2, -0.15) is 4.98 Å². The summed E-state index contributed by atoms with van der Waals surface area (Å²) in [5, 5.41) is 2.94. The molecule has 6 heteroatoms. The van der Waals surface area contributed by atoms with Crippen LogP contribution in [-0.4, -0.2) is 21.4 Å². The summed E-state index contributed by atoms with van der Waals surface area (Å²) in [5.74, 6) is 1.04. The quantitative estimate of drug-likeness (QED) is 0.796. The average Bonchev–Trinajstić information content (AvgIpc) is 2.91. The van der Waals surface area contributed by atoms with Gasteiger partial charge < -0.3 is 10.1 Å². The van der Waals surface area contributed by atoms with Crippen molar-refractivity contribution in [2.45, 2.75) is 6.92 Å². The number of ether oxygens (including phenoxy) is 1. The summed E-state index contributed by atoms with van der Waals surface area (Å²) < 4.78 is 21.0. The fourth-order valence-electron chi connectivity index (χ4n) is 1.84. The number of benzene rings is 1. The van der Waals surface area contributed by atoms with Gasteiger partial charge in [-0.1, -0.05) is 6.07 Å². The zero-order valence-corrected chi connectivity index (χ0v) is 11.1. The summed E-state index contributed by atoms with van der Waals surface area (Å²) in [4.78, 5) is 8.48. The topological polar surface area (TPSA) is 51.5 Å². The Kier molecular flexibility index (Phi) is 2.98. The average molecular weight is 272 g/mol. The molecule has 2 aromatic heterocycles. The largest absolute Gasteiger partial charge is 0.436 e. The summed E-state index contributed by atoms with van der Waals surface area (Å²) in [7, 11) is 1.76. The lowest BCUT2D eigenvalue weighted by atomic mass is 10.2. The number of nitrogens with one attached hydrogen (secondary N) is 1. The second kappa shape index (κ2) is 4.80. The molecule has 0 saturated carbocycles.